The Hall–Kier alpha value is -1.63. The summed E-state index contributed by atoms with van der Waals surface area (Å²) in [6, 6.07) is 3.52. The second-order valence-corrected chi connectivity index (χ2v) is 6.10. The van der Waals surface area contributed by atoms with E-state index in [1.54, 1.807) is 0 Å². The van der Waals surface area contributed by atoms with Crippen molar-refractivity contribution < 1.29 is 19.5 Å². The third-order valence-electron chi connectivity index (χ3n) is 4.37. The van der Waals surface area contributed by atoms with Crippen LogP contribution in [0.15, 0.2) is 12.1 Å². The molecule has 128 valence electrons. The summed E-state index contributed by atoms with van der Waals surface area (Å²) in [7, 11) is 0. The van der Waals surface area contributed by atoms with E-state index in [2.05, 4.69) is 32.9 Å². The highest BCUT2D eigenvalue weighted by Gasteiger charge is 2.27. The lowest BCUT2D eigenvalue weighted by atomic mass is 9.97. The average molecular weight is 322 g/mol. The first-order chi connectivity index (χ1) is 10.9. The van der Waals surface area contributed by atoms with Crippen molar-refractivity contribution in [3.63, 3.8) is 0 Å². The highest BCUT2D eigenvalue weighted by Crippen LogP contribution is 2.34. The Morgan fingerprint density at radius 1 is 1.35 bits per heavy atom. The largest absolute Gasteiger partial charge is 0.353 e. The van der Waals surface area contributed by atoms with Gasteiger partial charge in [-0.2, -0.15) is 0 Å². The normalized spacial score (nSPS) is 20.7. The number of primary amides is 1. The molecule has 3 N–H and O–H groups in total. The standard InChI is InChI=1S/C17H26N2O4/c1-11-9-14(10-12(2)13(11)3)15-5-6-16(23-15)22-8-4-7-19(21)17(18)20/h9-10,15-16,21H,4-8H2,1-3H3,(H2,18,20). The van der Waals surface area contributed by atoms with Crippen molar-refractivity contribution in [2.75, 3.05) is 13.2 Å². The lowest BCUT2D eigenvalue weighted by Gasteiger charge is -2.17. The first-order valence-corrected chi connectivity index (χ1v) is 7.99. The Labute approximate surface area is 137 Å². The second-order valence-electron chi connectivity index (χ2n) is 6.10. The number of nitrogens with zero attached hydrogens (tertiary/aromatic N) is 1. The molecule has 1 aliphatic heterocycles. The molecular weight excluding hydrogens is 296 g/mol. The van der Waals surface area contributed by atoms with Crippen LogP contribution >= 0.6 is 0 Å². The summed E-state index contributed by atoms with van der Waals surface area (Å²) in [5, 5.41) is 9.64. The van der Waals surface area contributed by atoms with Crippen molar-refractivity contribution in [1.29, 1.82) is 0 Å². The molecule has 0 bridgehead atoms. The van der Waals surface area contributed by atoms with Gasteiger partial charge < -0.3 is 15.2 Å². The molecule has 1 aromatic carbocycles. The molecule has 2 amide bonds. The molecule has 2 rings (SSSR count). The van der Waals surface area contributed by atoms with E-state index in [1.165, 1.54) is 22.3 Å². The number of carbonyl (C=O) groups excluding carboxylic acids is 1. The molecular formula is C17H26N2O4. The van der Waals surface area contributed by atoms with Crippen LogP contribution in [0.5, 0.6) is 0 Å². The number of benzene rings is 1. The molecule has 1 aromatic rings. The van der Waals surface area contributed by atoms with E-state index in [-0.39, 0.29) is 18.9 Å². The van der Waals surface area contributed by atoms with Gasteiger partial charge in [-0.3, -0.25) is 5.21 Å². The number of aryl methyl sites for hydroxylation is 2. The zero-order chi connectivity index (χ0) is 17.0. The summed E-state index contributed by atoms with van der Waals surface area (Å²) in [6.45, 7) is 6.93. The quantitative estimate of drug-likeness (QED) is 0.479. The first kappa shape index (κ1) is 17.7. The van der Waals surface area contributed by atoms with Crippen LogP contribution < -0.4 is 5.73 Å². The maximum atomic E-state index is 10.7. The van der Waals surface area contributed by atoms with Gasteiger partial charge in [-0.25, -0.2) is 9.86 Å². The zero-order valence-corrected chi connectivity index (χ0v) is 14.0. The fourth-order valence-corrected chi connectivity index (χ4v) is 2.77. The zero-order valence-electron chi connectivity index (χ0n) is 14.0. The molecule has 1 saturated heterocycles. The third-order valence-corrected chi connectivity index (χ3v) is 4.37. The van der Waals surface area contributed by atoms with E-state index in [1.807, 2.05) is 0 Å². The van der Waals surface area contributed by atoms with Gasteiger partial charge in [-0.05, 0) is 55.9 Å². The maximum absolute atomic E-state index is 10.7. The van der Waals surface area contributed by atoms with Crippen LogP contribution in [-0.4, -0.2) is 35.7 Å². The van der Waals surface area contributed by atoms with Gasteiger partial charge in [-0.15, -0.1) is 0 Å². The fraction of sp³-hybridized carbons (Fsp3) is 0.588. The van der Waals surface area contributed by atoms with Crippen LogP contribution in [0.1, 0.15) is 47.6 Å². The molecule has 1 heterocycles. The number of hydroxylamine groups is 2. The molecule has 0 spiro atoms. The van der Waals surface area contributed by atoms with Crippen molar-refractivity contribution in [1.82, 2.24) is 5.06 Å². The van der Waals surface area contributed by atoms with Crippen LogP contribution in [0.25, 0.3) is 0 Å². The van der Waals surface area contributed by atoms with E-state index in [9.17, 15) is 4.79 Å². The highest BCUT2D eigenvalue weighted by molar-refractivity contribution is 5.70. The number of nitrogens with two attached hydrogens (primary N) is 1. The Kier molecular flexibility index (Phi) is 5.98. The predicted octanol–water partition coefficient (Wildman–Crippen LogP) is 2.97. The van der Waals surface area contributed by atoms with E-state index in [0.29, 0.717) is 18.1 Å². The molecule has 0 aromatic heterocycles. The number of ether oxygens (including phenoxy) is 2. The minimum atomic E-state index is -0.854. The van der Waals surface area contributed by atoms with Gasteiger partial charge in [0.15, 0.2) is 6.29 Å². The van der Waals surface area contributed by atoms with Gasteiger partial charge in [0.2, 0.25) is 0 Å². The van der Waals surface area contributed by atoms with Crippen LogP contribution in [-0.2, 0) is 9.47 Å². The van der Waals surface area contributed by atoms with Crippen LogP contribution in [0.4, 0.5) is 4.79 Å². The number of amides is 2. The van der Waals surface area contributed by atoms with Crippen molar-refractivity contribution >= 4 is 6.03 Å². The Balaban J connectivity index is 1.79. The third kappa shape index (κ3) is 4.67. The van der Waals surface area contributed by atoms with Crippen molar-refractivity contribution in [3.05, 3.63) is 34.4 Å². The SMILES string of the molecule is Cc1cc(C2CCC(OCCCN(O)C(N)=O)O2)cc(C)c1C. The smallest absolute Gasteiger partial charge is 0.338 e. The van der Waals surface area contributed by atoms with Gasteiger partial charge >= 0.3 is 6.03 Å². The molecule has 6 nitrogen and oxygen atoms in total. The fourth-order valence-electron chi connectivity index (χ4n) is 2.77. The van der Waals surface area contributed by atoms with E-state index in [4.69, 9.17) is 20.4 Å². The second kappa shape index (κ2) is 7.77. The van der Waals surface area contributed by atoms with Crippen LogP contribution in [0.3, 0.4) is 0 Å². The minimum absolute atomic E-state index is 0.0676. The van der Waals surface area contributed by atoms with E-state index >= 15 is 0 Å². The number of urea groups is 1. The summed E-state index contributed by atoms with van der Waals surface area (Å²) in [5.74, 6) is 0. The van der Waals surface area contributed by atoms with Gasteiger partial charge in [-0.1, -0.05) is 12.1 Å². The number of rotatable bonds is 6. The van der Waals surface area contributed by atoms with Crippen molar-refractivity contribution in [3.8, 4) is 0 Å². The van der Waals surface area contributed by atoms with Crippen molar-refractivity contribution in [2.45, 2.75) is 52.4 Å². The molecule has 0 saturated carbocycles. The first-order valence-electron chi connectivity index (χ1n) is 7.99. The number of hydrogen-bond acceptors (Lipinski definition) is 4. The number of hydrogen-bond donors (Lipinski definition) is 2. The molecule has 0 aliphatic carbocycles. The van der Waals surface area contributed by atoms with Crippen LogP contribution in [0, 0.1) is 20.8 Å². The lowest BCUT2D eigenvalue weighted by molar-refractivity contribution is -0.138. The predicted molar refractivity (Wildman–Crippen MR) is 86.1 cm³/mol. The van der Waals surface area contributed by atoms with Crippen LogP contribution in [0.2, 0.25) is 0 Å². The van der Waals surface area contributed by atoms with E-state index in [0.717, 1.165) is 12.8 Å². The lowest BCUT2D eigenvalue weighted by Crippen LogP contribution is -2.34. The van der Waals surface area contributed by atoms with Gasteiger partial charge in [0.05, 0.1) is 19.3 Å². The minimum Gasteiger partial charge on any atom is -0.353 e. The highest BCUT2D eigenvalue weighted by atomic mass is 16.7. The Morgan fingerprint density at radius 2 is 2.00 bits per heavy atom. The molecule has 6 heteroatoms. The summed E-state index contributed by atoms with van der Waals surface area (Å²) >= 11 is 0. The molecule has 23 heavy (non-hydrogen) atoms. The molecule has 2 atom stereocenters. The van der Waals surface area contributed by atoms with E-state index < -0.39 is 6.03 Å². The summed E-state index contributed by atoms with van der Waals surface area (Å²) in [4.78, 5) is 10.7. The summed E-state index contributed by atoms with van der Waals surface area (Å²) < 4.78 is 11.6. The Morgan fingerprint density at radius 3 is 2.61 bits per heavy atom. The van der Waals surface area contributed by atoms with Gasteiger partial charge in [0, 0.05) is 6.42 Å². The summed E-state index contributed by atoms with van der Waals surface area (Å²) in [5.41, 5.74) is 10.0. The van der Waals surface area contributed by atoms with Gasteiger partial charge in [0.25, 0.3) is 0 Å². The van der Waals surface area contributed by atoms with Gasteiger partial charge in [0.1, 0.15) is 0 Å². The molecule has 1 aliphatic rings. The Bertz CT molecular complexity index is 539. The molecule has 2 unspecified atom stereocenters. The molecule has 0 radical (unpaired) electrons. The molecule has 1 fully saturated rings. The average Bonchev–Trinajstić information content (AvgIpc) is 2.97. The maximum Gasteiger partial charge on any atom is 0.338 e. The summed E-state index contributed by atoms with van der Waals surface area (Å²) in [6.07, 6.45) is 2.11. The number of carbonyl (C=O) groups is 1. The topological polar surface area (TPSA) is 85.0 Å². The van der Waals surface area contributed by atoms with Crippen molar-refractivity contribution in [2.24, 2.45) is 5.73 Å². The monoisotopic (exact) mass is 322 g/mol.